The van der Waals surface area contributed by atoms with E-state index in [4.69, 9.17) is 5.11 Å². The van der Waals surface area contributed by atoms with Gasteiger partial charge in [-0.25, -0.2) is 0 Å². The highest BCUT2D eigenvalue weighted by molar-refractivity contribution is 9.10. The molecule has 1 unspecified atom stereocenters. The highest BCUT2D eigenvalue weighted by atomic mass is 79.9. The fourth-order valence-electron chi connectivity index (χ4n) is 2.51. The third kappa shape index (κ3) is 6.27. The molecule has 0 radical (unpaired) electrons. The molecule has 0 saturated carbocycles. The van der Waals surface area contributed by atoms with Crippen LogP contribution in [0.1, 0.15) is 45.1 Å². The number of rotatable bonds is 9. The number of phenolic OH excluding ortho intramolecular Hbond substituents is 1. The maximum absolute atomic E-state index is 10.4. The molecule has 4 heteroatoms. The smallest absolute Gasteiger partial charge is 0.122 e. The van der Waals surface area contributed by atoms with E-state index in [-0.39, 0.29) is 12.4 Å². The lowest BCUT2D eigenvalue weighted by atomic mass is 9.93. The van der Waals surface area contributed by atoms with E-state index in [1.165, 1.54) is 0 Å². The van der Waals surface area contributed by atoms with Crippen LogP contribution in [0.15, 0.2) is 52.0 Å². The Bertz CT molecular complexity index is 617. The van der Waals surface area contributed by atoms with Crippen molar-refractivity contribution in [3.05, 3.63) is 57.6 Å². The van der Waals surface area contributed by atoms with Crippen molar-refractivity contribution in [2.45, 2.75) is 45.6 Å². The van der Waals surface area contributed by atoms with Crippen molar-refractivity contribution in [2.24, 2.45) is 0 Å². The van der Waals surface area contributed by atoms with Gasteiger partial charge in [0.1, 0.15) is 5.75 Å². The van der Waals surface area contributed by atoms with Gasteiger partial charge < -0.3 is 15.3 Å². The van der Waals surface area contributed by atoms with Crippen molar-refractivity contribution in [3.8, 4) is 5.75 Å². The van der Waals surface area contributed by atoms with Gasteiger partial charge in [-0.2, -0.15) is 0 Å². The van der Waals surface area contributed by atoms with Crippen LogP contribution in [0.3, 0.4) is 0 Å². The highest BCUT2D eigenvalue weighted by Crippen LogP contribution is 2.27. The van der Waals surface area contributed by atoms with Gasteiger partial charge in [-0.15, -0.1) is 0 Å². The molecule has 0 heterocycles. The summed E-state index contributed by atoms with van der Waals surface area (Å²) in [5.74, 6) is 0.241. The molecule has 0 amide bonds. The zero-order valence-electron chi connectivity index (χ0n) is 14.4. The van der Waals surface area contributed by atoms with Crippen molar-refractivity contribution in [2.75, 3.05) is 6.61 Å². The molecule has 1 rings (SSSR count). The first-order chi connectivity index (χ1) is 11.4. The van der Waals surface area contributed by atoms with Crippen LogP contribution in [0.5, 0.6) is 5.75 Å². The Morgan fingerprint density at radius 2 is 2.00 bits per heavy atom. The Labute approximate surface area is 153 Å². The fraction of sp³-hybridized carbons (Fsp3) is 0.400. The summed E-state index contributed by atoms with van der Waals surface area (Å²) >= 11 is 3.41. The lowest BCUT2D eigenvalue weighted by Gasteiger charge is -2.17. The third-order valence-corrected chi connectivity index (χ3v) is 4.54. The third-order valence-electron chi connectivity index (χ3n) is 4.05. The average molecular weight is 395 g/mol. The fourth-order valence-corrected chi connectivity index (χ4v) is 2.89. The van der Waals surface area contributed by atoms with Crippen LogP contribution in [0.25, 0.3) is 6.08 Å². The minimum atomic E-state index is -0.643. The molecular formula is C20H27BrO3. The van der Waals surface area contributed by atoms with E-state index in [0.29, 0.717) is 12.8 Å². The van der Waals surface area contributed by atoms with E-state index >= 15 is 0 Å². The molecule has 0 aliphatic heterocycles. The number of allylic oxidation sites excluding steroid dienone is 1. The van der Waals surface area contributed by atoms with Crippen molar-refractivity contribution in [1.82, 2.24) is 0 Å². The summed E-state index contributed by atoms with van der Waals surface area (Å²) in [6, 6.07) is 5.33. The molecule has 0 aromatic heterocycles. The Hall–Kier alpha value is -1.36. The predicted molar refractivity (Wildman–Crippen MR) is 104 cm³/mol. The molecule has 0 spiro atoms. The Morgan fingerprint density at radius 1 is 1.29 bits per heavy atom. The molecule has 3 N–H and O–H groups in total. The zero-order chi connectivity index (χ0) is 18.1. The molecule has 0 bridgehead atoms. The molecule has 0 saturated heterocycles. The van der Waals surface area contributed by atoms with Crippen molar-refractivity contribution >= 4 is 22.0 Å². The Balaban J connectivity index is 2.85. The second-order valence-electron chi connectivity index (χ2n) is 5.71. The second kappa shape index (κ2) is 10.5. The lowest BCUT2D eigenvalue weighted by molar-refractivity contribution is 0.200. The Kier molecular flexibility index (Phi) is 9.04. The Morgan fingerprint density at radius 3 is 2.58 bits per heavy atom. The number of halogens is 1. The van der Waals surface area contributed by atoms with Gasteiger partial charge in [0.2, 0.25) is 0 Å². The molecule has 1 aromatic carbocycles. The molecule has 3 nitrogen and oxygen atoms in total. The SMILES string of the molecule is C=C(CC)/C(=C/CO)C(O)CC/C(=C/c1cc(Br)ccc1O)CC. The summed E-state index contributed by atoms with van der Waals surface area (Å²) in [4.78, 5) is 0. The summed E-state index contributed by atoms with van der Waals surface area (Å²) in [6.07, 6.45) is 5.80. The maximum Gasteiger partial charge on any atom is 0.122 e. The molecule has 24 heavy (non-hydrogen) atoms. The summed E-state index contributed by atoms with van der Waals surface area (Å²) in [5.41, 5.74) is 3.48. The first-order valence-corrected chi connectivity index (χ1v) is 9.07. The molecule has 0 aliphatic carbocycles. The van der Waals surface area contributed by atoms with Crippen molar-refractivity contribution in [1.29, 1.82) is 0 Å². The normalized spacial score (nSPS) is 13.9. The van der Waals surface area contributed by atoms with E-state index < -0.39 is 6.10 Å². The summed E-state index contributed by atoms with van der Waals surface area (Å²) < 4.78 is 0.912. The van der Waals surface area contributed by atoms with Gasteiger partial charge >= 0.3 is 0 Å². The summed E-state index contributed by atoms with van der Waals surface area (Å²) in [6.45, 7) is 7.89. The number of aromatic hydroxyl groups is 1. The average Bonchev–Trinajstić information content (AvgIpc) is 2.58. The van der Waals surface area contributed by atoms with Gasteiger partial charge in [0, 0.05) is 10.0 Å². The summed E-state index contributed by atoms with van der Waals surface area (Å²) in [5, 5.41) is 29.5. The quantitative estimate of drug-likeness (QED) is 0.517. The molecule has 0 aliphatic rings. The number of phenols is 1. The standard InChI is InChI=1S/C20H27BrO3/c1-4-14(3)18(10-11-22)20(24)8-6-15(5-2)12-16-13-17(21)7-9-19(16)23/h7,9-10,12-13,20,22-24H,3-6,8,11H2,1-2H3/b15-12+,18-10-. The summed E-state index contributed by atoms with van der Waals surface area (Å²) in [7, 11) is 0. The largest absolute Gasteiger partial charge is 0.507 e. The lowest BCUT2D eigenvalue weighted by Crippen LogP contribution is -2.13. The van der Waals surface area contributed by atoms with Crippen LogP contribution < -0.4 is 0 Å². The van der Waals surface area contributed by atoms with Crippen LogP contribution in [-0.4, -0.2) is 28.0 Å². The molecule has 1 atom stereocenters. The van der Waals surface area contributed by atoms with Gasteiger partial charge in [-0.1, -0.05) is 54.1 Å². The first-order valence-electron chi connectivity index (χ1n) is 8.27. The van der Waals surface area contributed by atoms with E-state index in [1.807, 2.05) is 19.1 Å². The van der Waals surface area contributed by atoms with Crippen LogP contribution in [0.4, 0.5) is 0 Å². The molecule has 0 fully saturated rings. The van der Waals surface area contributed by atoms with E-state index in [9.17, 15) is 10.2 Å². The molecule has 1 aromatic rings. The number of benzene rings is 1. The van der Waals surface area contributed by atoms with Gasteiger partial charge in [-0.3, -0.25) is 0 Å². The van der Waals surface area contributed by atoms with Gasteiger partial charge in [0.25, 0.3) is 0 Å². The molecule has 132 valence electrons. The van der Waals surface area contributed by atoms with Crippen LogP contribution in [0, 0.1) is 0 Å². The maximum atomic E-state index is 10.4. The monoisotopic (exact) mass is 394 g/mol. The number of hydrogen-bond acceptors (Lipinski definition) is 3. The van der Waals surface area contributed by atoms with Gasteiger partial charge in [0.15, 0.2) is 0 Å². The zero-order valence-corrected chi connectivity index (χ0v) is 16.0. The highest BCUT2D eigenvalue weighted by Gasteiger charge is 2.13. The van der Waals surface area contributed by atoms with E-state index in [2.05, 4.69) is 29.4 Å². The minimum absolute atomic E-state index is 0.103. The van der Waals surface area contributed by atoms with E-state index in [0.717, 1.165) is 39.6 Å². The van der Waals surface area contributed by atoms with Crippen LogP contribution in [0.2, 0.25) is 0 Å². The van der Waals surface area contributed by atoms with Crippen LogP contribution in [-0.2, 0) is 0 Å². The van der Waals surface area contributed by atoms with E-state index in [1.54, 1.807) is 18.2 Å². The first kappa shape index (κ1) is 20.7. The number of hydrogen-bond donors (Lipinski definition) is 3. The minimum Gasteiger partial charge on any atom is -0.507 e. The number of aliphatic hydroxyl groups excluding tert-OH is 2. The van der Waals surface area contributed by atoms with Crippen molar-refractivity contribution in [3.63, 3.8) is 0 Å². The number of aliphatic hydroxyl groups is 2. The van der Waals surface area contributed by atoms with Crippen LogP contribution >= 0.6 is 15.9 Å². The predicted octanol–water partition coefficient (Wildman–Crippen LogP) is 4.97. The second-order valence-corrected chi connectivity index (χ2v) is 6.63. The van der Waals surface area contributed by atoms with Crippen molar-refractivity contribution < 1.29 is 15.3 Å². The topological polar surface area (TPSA) is 60.7 Å². The molecular weight excluding hydrogens is 368 g/mol. The van der Waals surface area contributed by atoms with Gasteiger partial charge in [-0.05, 0) is 55.0 Å². The van der Waals surface area contributed by atoms with Gasteiger partial charge in [0.05, 0.1) is 12.7 Å².